The monoisotopic (exact) mass is 634 g/mol. The molecule has 1 aliphatic rings. The fourth-order valence-electron chi connectivity index (χ4n) is 2.50. The Bertz CT molecular complexity index is 280. The maximum absolute atomic E-state index is 5.39. The van der Waals surface area contributed by atoms with Crippen LogP contribution in [-0.4, -0.2) is 6.54 Å². The van der Waals surface area contributed by atoms with Crippen LogP contribution in [-0.2, 0) is 0 Å². The smallest absolute Gasteiger partial charge is 0.00491 e. The van der Waals surface area contributed by atoms with Gasteiger partial charge in [0.25, 0.3) is 0 Å². The Labute approximate surface area is 289 Å². The first-order valence-corrected chi connectivity index (χ1v) is 20.5. The van der Waals surface area contributed by atoms with Crippen molar-refractivity contribution in [1.29, 1.82) is 0 Å². The summed E-state index contributed by atoms with van der Waals surface area (Å²) in [7, 11) is 0. The molecule has 0 saturated heterocycles. The summed E-state index contributed by atoms with van der Waals surface area (Å²) in [6.45, 7) is 44.9. The summed E-state index contributed by atoms with van der Waals surface area (Å²) < 4.78 is 0. The predicted octanol–water partition coefficient (Wildman–Crippen LogP) is 17.4. The zero-order valence-electron chi connectivity index (χ0n) is 36.1. The molecule has 2 N–H and O–H groups in total. The van der Waals surface area contributed by atoms with Crippen molar-refractivity contribution in [1.82, 2.24) is 0 Å². The lowest BCUT2D eigenvalue weighted by Crippen LogP contribution is -2.11. The van der Waals surface area contributed by atoms with Gasteiger partial charge in [-0.3, -0.25) is 0 Å². The first-order valence-electron chi connectivity index (χ1n) is 20.5. The first kappa shape index (κ1) is 66.2. The van der Waals surface area contributed by atoms with Crippen molar-refractivity contribution in [3.05, 3.63) is 12.2 Å². The number of allylic oxidation sites excluding steroid dienone is 1. The molecule has 0 atom stereocenters. The molecule has 1 aliphatic carbocycles. The van der Waals surface area contributed by atoms with Gasteiger partial charge in [-0.05, 0) is 31.7 Å². The summed E-state index contributed by atoms with van der Waals surface area (Å²) in [5, 5.41) is 0. The van der Waals surface area contributed by atoms with E-state index in [0.29, 0.717) is 0 Å². The van der Waals surface area contributed by atoms with E-state index in [-0.39, 0.29) is 0 Å². The van der Waals surface area contributed by atoms with Gasteiger partial charge in [0.05, 0.1) is 0 Å². The van der Waals surface area contributed by atoms with Crippen LogP contribution in [0.1, 0.15) is 254 Å². The molecule has 0 aliphatic heterocycles. The molecule has 0 aromatic heterocycles. The molecule has 0 aromatic carbocycles. The molecule has 1 rings (SSSR count). The highest BCUT2D eigenvalue weighted by atomic mass is 14.5. The zero-order chi connectivity index (χ0) is 36.9. The molecule has 0 unspecified atom stereocenters. The average molecular weight is 634 g/mol. The van der Waals surface area contributed by atoms with Crippen molar-refractivity contribution in [3.8, 4) is 0 Å². The topological polar surface area (TPSA) is 26.0 Å². The van der Waals surface area contributed by atoms with E-state index in [4.69, 9.17) is 5.73 Å². The maximum Gasteiger partial charge on any atom is -0.00491 e. The second-order valence-corrected chi connectivity index (χ2v) is 11.0. The van der Waals surface area contributed by atoms with Crippen molar-refractivity contribution in [2.45, 2.75) is 254 Å². The number of rotatable bonds is 10. The van der Waals surface area contributed by atoms with Crippen LogP contribution in [0.2, 0.25) is 0 Å². The molecule has 280 valence electrons. The second-order valence-electron chi connectivity index (χ2n) is 11.0. The molecule has 1 saturated carbocycles. The van der Waals surface area contributed by atoms with Crippen molar-refractivity contribution in [3.63, 3.8) is 0 Å². The lowest BCUT2D eigenvalue weighted by atomic mass is 10.0. The first-order chi connectivity index (χ1) is 21.2. The Morgan fingerprint density at radius 2 is 0.727 bits per heavy atom. The van der Waals surface area contributed by atoms with Gasteiger partial charge in [0.15, 0.2) is 0 Å². The maximum atomic E-state index is 5.39. The van der Waals surface area contributed by atoms with Gasteiger partial charge in [0.2, 0.25) is 0 Å². The SMILES string of the molecule is C1CCCCCC1.C=C(C)CC.CC.CC.CC.CCC(C)CC.CCC(CC)CN.CCCC.CCCC.CCCCC. The minimum atomic E-state index is 0.764. The second kappa shape index (κ2) is 90.1. The van der Waals surface area contributed by atoms with Gasteiger partial charge >= 0.3 is 0 Å². The molecule has 0 aromatic rings. The van der Waals surface area contributed by atoms with E-state index in [2.05, 4.69) is 89.7 Å². The fourth-order valence-corrected chi connectivity index (χ4v) is 2.50. The Hall–Kier alpha value is -0.300. The number of hydrogen-bond donors (Lipinski definition) is 1. The highest BCUT2D eigenvalue weighted by Crippen LogP contribution is 2.15. The molecule has 0 radical (unpaired) electrons. The third-order valence-corrected chi connectivity index (χ3v) is 6.94. The third-order valence-electron chi connectivity index (χ3n) is 6.94. The summed E-state index contributed by atoms with van der Waals surface area (Å²) in [5.41, 5.74) is 6.65. The summed E-state index contributed by atoms with van der Waals surface area (Å²) in [6.07, 6.45) is 26.1. The molecule has 0 heterocycles. The summed E-state index contributed by atoms with van der Waals surface area (Å²) >= 11 is 0. The fraction of sp³-hybridized carbons (Fsp3) is 0.953. The highest BCUT2D eigenvalue weighted by Gasteiger charge is 1.96. The Morgan fingerprint density at radius 3 is 0.750 bits per heavy atom. The standard InChI is InChI=1S/C7H14.C6H15N.C6H14.C5H10.C5H12.2C4H10.3C2H6/c1-2-4-6-7-5-3-1;1-3-6(4-2)5-7;1-4-6(3)5-2;1-4-5(2)3;1-3-5-4-2;2*1-3-4-2;3*1-2/h1-7H2;6H,3-5,7H2,1-2H3;6H,4-5H2,1-3H3;2,4H2,1,3H3;3-5H2,1-2H3;2*3-4H2,1-2H3;3*1-2H3. The van der Waals surface area contributed by atoms with Crippen LogP contribution in [0, 0.1) is 11.8 Å². The minimum absolute atomic E-state index is 0.764. The van der Waals surface area contributed by atoms with Crippen molar-refractivity contribution < 1.29 is 0 Å². The predicted molar refractivity (Wildman–Crippen MR) is 221 cm³/mol. The van der Waals surface area contributed by atoms with E-state index < -0.39 is 0 Å². The Kier molecular flexibility index (Phi) is 136. The van der Waals surface area contributed by atoms with Gasteiger partial charge < -0.3 is 5.73 Å². The van der Waals surface area contributed by atoms with Gasteiger partial charge in [0.1, 0.15) is 0 Å². The quantitative estimate of drug-likeness (QED) is 0.188. The minimum Gasteiger partial charge on any atom is -0.330 e. The van der Waals surface area contributed by atoms with Gasteiger partial charge in [-0.2, -0.15) is 0 Å². The normalized spacial score (nSPS) is 10.4. The lowest BCUT2D eigenvalue weighted by Gasteiger charge is -2.05. The molecular weight excluding hydrogens is 530 g/mol. The van der Waals surface area contributed by atoms with Crippen LogP contribution in [0.15, 0.2) is 12.2 Å². The number of nitrogens with two attached hydrogens (primary N) is 1. The van der Waals surface area contributed by atoms with E-state index in [1.54, 1.807) is 0 Å². The molecule has 1 nitrogen and oxygen atoms in total. The molecular formula is C43H103N. The van der Waals surface area contributed by atoms with E-state index in [1.807, 2.05) is 48.5 Å². The molecule has 0 amide bonds. The van der Waals surface area contributed by atoms with Crippen LogP contribution in [0.5, 0.6) is 0 Å². The van der Waals surface area contributed by atoms with Crippen molar-refractivity contribution in [2.24, 2.45) is 17.6 Å². The summed E-state index contributed by atoms with van der Waals surface area (Å²) in [5.74, 6) is 1.70. The van der Waals surface area contributed by atoms with E-state index >= 15 is 0 Å². The van der Waals surface area contributed by atoms with Crippen molar-refractivity contribution >= 4 is 0 Å². The van der Waals surface area contributed by atoms with Gasteiger partial charge in [-0.15, -0.1) is 6.58 Å². The van der Waals surface area contributed by atoms with E-state index in [9.17, 15) is 0 Å². The van der Waals surface area contributed by atoms with Crippen LogP contribution in [0.3, 0.4) is 0 Å². The molecule has 0 bridgehead atoms. The summed E-state index contributed by atoms with van der Waals surface area (Å²) in [6, 6.07) is 0. The number of hydrogen-bond acceptors (Lipinski definition) is 1. The largest absolute Gasteiger partial charge is 0.330 e. The Morgan fingerprint density at radius 1 is 0.500 bits per heavy atom. The van der Waals surface area contributed by atoms with Crippen LogP contribution in [0.4, 0.5) is 0 Å². The van der Waals surface area contributed by atoms with Gasteiger partial charge in [-0.1, -0.05) is 246 Å². The molecule has 44 heavy (non-hydrogen) atoms. The molecule has 0 spiro atoms. The van der Waals surface area contributed by atoms with Gasteiger partial charge in [0, 0.05) is 0 Å². The Balaban J connectivity index is -0.0000000455. The van der Waals surface area contributed by atoms with Crippen LogP contribution >= 0.6 is 0 Å². The third kappa shape index (κ3) is 134. The highest BCUT2D eigenvalue weighted by molar-refractivity contribution is 4.84. The number of unbranched alkanes of at least 4 members (excludes halogenated alkanes) is 4. The summed E-state index contributed by atoms with van der Waals surface area (Å²) in [4.78, 5) is 0. The average Bonchev–Trinajstić information content (AvgIpc) is 3.43. The molecule has 1 fully saturated rings. The van der Waals surface area contributed by atoms with Crippen LogP contribution < -0.4 is 5.73 Å². The van der Waals surface area contributed by atoms with E-state index in [1.165, 1.54) is 121 Å². The molecule has 1 heteroatoms. The van der Waals surface area contributed by atoms with Crippen molar-refractivity contribution in [2.75, 3.05) is 6.54 Å². The van der Waals surface area contributed by atoms with E-state index in [0.717, 1.165) is 24.8 Å². The lowest BCUT2D eigenvalue weighted by molar-refractivity contribution is 0.505. The van der Waals surface area contributed by atoms with Crippen LogP contribution in [0.25, 0.3) is 0 Å². The zero-order valence-corrected chi connectivity index (χ0v) is 36.1. The van der Waals surface area contributed by atoms with Gasteiger partial charge in [-0.25, -0.2) is 0 Å².